The summed E-state index contributed by atoms with van der Waals surface area (Å²) < 4.78 is 4.78. The Balaban J connectivity index is 1.72. The van der Waals surface area contributed by atoms with Crippen molar-refractivity contribution in [3.63, 3.8) is 0 Å². The van der Waals surface area contributed by atoms with Crippen molar-refractivity contribution in [3.8, 4) is 11.1 Å². The monoisotopic (exact) mass is 369 g/mol. The molecule has 1 fully saturated rings. The molecule has 1 amide bonds. The lowest BCUT2D eigenvalue weighted by Gasteiger charge is -2.31. The van der Waals surface area contributed by atoms with Crippen molar-refractivity contribution >= 4 is 17.6 Å². The number of carbonyl (C=O) groups excluding carboxylic acids is 2. The van der Waals surface area contributed by atoms with Crippen LogP contribution in [0.4, 0.5) is 5.69 Å². The number of benzene rings is 1. The maximum Gasteiger partial charge on any atom is 0.310 e. The van der Waals surface area contributed by atoms with Gasteiger partial charge in [-0.05, 0) is 36.6 Å². The molecule has 0 N–H and O–H groups in total. The lowest BCUT2D eigenvalue weighted by molar-refractivity contribution is -0.384. The molecule has 2 heterocycles. The zero-order valence-corrected chi connectivity index (χ0v) is 14.8. The third kappa shape index (κ3) is 4.11. The maximum absolute atomic E-state index is 12.7. The second-order valence-corrected chi connectivity index (χ2v) is 6.35. The van der Waals surface area contributed by atoms with E-state index in [9.17, 15) is 19.7 Å². The summed E-state index contributed by atoms with van der Waals surface area (Å²) in [6.07, 6.45) is 3.02. The molecule has 1 aliphatic heterocycles. The number of nitrogens with zero attached hydrogens (tertiary/aromatic N) is 3. The fourth-order valence-electron chi connectivity index (χ4n) is 3.15. The molecule has 0 aliphatic carbocycles. The Morgan fingerprint density at radius 1 is 1.19 bits per heavy atom. The van der Waals surface area contributed by atoms with E-state index in [2.05, 4.69) is 4.98 Å². The van der Waals surface area contributed by atoms with Crippen LogP contribution in [0, 0.1) is 16.0 Å². The van der Waals surface area contributed by atoms with Crippen LogP contribution >= 0.6 is 0 Å². The number of nitro benzene ring substituents is 1. The van der Waals surface area contributed by atoms with Gasteiger partial charge in [-0.2, -0.15) is 0 Å². The van der Waals surface area contributed by atoms with Crippen LogP contribution in [0.25, 0.3) is 11.1 Å². The number of methoxy groups -OCH3 is 1. The van der Waals surface area contributed by atoms with Crippen LogP contribution in [0.15, 0.2) is 42.6 Å². The van der Waals surface area contributed by atoms with Crippen LogP contribution in [-0.2, 0) is 9.53 Å². The average molecular weight is 369 g/mol. The van der Waals surface area contributed by atoms with Gasteiger partial charge in [0.1, 0.15) is 5.69 Å². The van der Waals surface area contributed by atoms with Gasteiger partial charge < -0.3 is 9.64 Å². The lowest BCUT2D eigenvalue weighted by Crippen LogP contribution is -2.42. The van der Waals surface area contributed by atoms with E-state index in [0.29, 0.717) is 25.2 Å². The molecule has 1 saturated heterocycles. The van der Waals surface area contributed by atoms with Crippen molar-refractivity contribution in [2.24, 2.45) is 5.92 Å². The average Bonchev–Trinajstić information content (AvgIpc) is 2.73. The third-order valence-corrected chi connectivity index (χ3v) is 4.64. The van der Waals surface area contributed by atoms with Gasteiger partial charge in [-0.25, -0.2) is 0 Å². The first-order chi connectivity index (χ1) is 13.0. The fraction of sp³-hybridized carbons (Fsp3) is 0.316. The molecule has 140 valence electrons. The Morgan fingerprint density at radius 2 is 1.89 bits per heavy atom. The maximum atomic E-state index is 12.7. The molecular weight excluding hydrogens is 350 g/mol. The number of hydrogen-bond acceptors (Lipinski definition) is 6. The minimum absolute atomic E-state index is 0.0174. The lowest BCUT2D eigenvalue weighted by atomic mass is 9.98. The van der Waals surface area contributed by atoms with Crippen LogP contribution < -0.4 is 0 Å². The van der Waals surface area contributed by atoms with Crippen molar-refractivity contribution in [2.45, 2.75) is 12.8 Å². The molecule has 2 aromatic rings. The summed E-state index contributed by atoms with van der Waals surface area (Å²) in [6, 6.07) is 9.51. The minimum atomic E-state index is -0.454. The normalized spacial score (nSPS) is 16.6. The highest BCUT2D eigenvalue weighted by Gasteiger charge is 2.29. The van der Waals surface area contributed by atoms with E-state index < -0.39 is 4.92 Å². The smallest absolute Gasteiger partial charge is 0.310 e. The molecule has 0 radical (unpaired) electrons. The molecule has 3 rings (SSSR count). The summed E-state index contributed by atoms with van der Waals surface area (Å²) in [5.74, 6) is -0.820. The zero-order chi connectivity index (χ0) is 19.4. The highest BCUT2D eigenvalue weighted by molar-refractivity contribution is 5.93. The Labute approximate surface area is 155 Å². The van der Waals surface area contributed by atoms with Gasteiger partial charge in [0, 0.05) is 37.0 Å². The van der Waals surface area contributed by atoms with E-state index in [-0.39, 0.29) is 23.5 Å². The number of esters is 1. The summed E-state index contributed by atoms with van der Waals surface area (Å²) in [7, 11) is 1.35. The second kappa shape index (κ2) is 7.94. The van der Waals surface area contributed by atoms with Crippen molar-refractivity contribution < 1.29 is 19.2 Å². The zero-order valence-electron chi connectivity index (χ0n) is 14.8. The second-order valence-electron chi connectivity index (χ2n) is 6.35. The number of aromatic nitrogens is 1. The summed E-state index contributed by atoms with van der Waals surface area (Å²) >= 11 is 0. The number of likely N-dealkylation sites (tertiary alicyclic amines) is 1. The molecule has 0 bridgehead atoms. The first-order valence-corrected chi connectivity index (χ1v) is 8.57. The van der Waals surface area contributed by atoms with E-state index in [0.717, 1.165) is 17.5 Å². The van der Waals surface area contributed by atoms with E-state index in [4.69, 9.17) is 4.74 Å². The highest BCUT2D eigenvalue weighted by Crippen LogP contribution is 2.23. The van der Waals surface area contributed by atoms with Crippen LogP contribution in [0.1, 0.15) is 23.3 Å². The molecule has 0 unspecified atom stereocenters. The van der Waals surface area contributed by atoms with E-state index in [1.807, 2.05) is 0 Å². The number of carbonyl (C=O) groups is 2. The van der Waals surface area contributed by atoms with Gasteiger partial charge in [0.2, 0.25) is 0 Å². The predicted molar refractivity (Wildman–Crippen MR) is 97.0 cm³/mol. The molecule has 8 nitrogen and oxygen atoms in total. The minimum Gasteiger partial charge on any atom is -0.469 e. The van der Waals surface area contributed by atoms with Crippen LogP contribution in [0.3, 0.4) is 0 Å². The SMILES string of the molecule is COC(=O)[C@H]1CCCN(C(=O)c2ccc(-c3ccc([N+](=O)[O-])cc3)cn2)C1. The Bertz CT molecular complexity index is 849. The molecule has 1 aromatic carbocycles. The van der Waals surface area contributed by atoms with Gasteiger partial charge in [-0.1, -0.05) is 6.07 Å². The first-order valence-electron chi connectivity index (χ1n) is 8.57. The molecule has 1 aromatic heterocycles. The standard InChI is InChI=1S/C19H19N3O5/c1-27-19(24)15-3-2-10-21(12-15)18(23)17-9-6-14(11-20-17)13-4-7-16(8-5-13)22(25)26/h4-9,11,15H,2-3,10,12H2,1H3/t15-/m0/s1. The van der Waals surface area contributed by atoms with Crippen molar-refractivity contribution in [2.75, 3.05) is 20.2 Å². The Morgan fingerprint density at radius 3 is 2.48 bits per heavy atom. The number of hydrogen-bond donors (Lipinski definition) is 0. The van der Waals surface area contributed by atoms with Gasteiger partial charge in [0.05, 0.1) is 18.0 Å². The molecule has 1 atom stereocenters. The summed E-state index contributed by atoms with van der Waals surface area (Å²) in [5.41, 5.74) is 1.85. The molecular formula is C19H19N3O5. The van der Waals surface area contributed by atoms with Gasteiger partial charge in [-0.3, -0.25) is 24.7 Å². The summed E-state index contributed by atoms with van der Waals surface area (Å²) in [6.45, 7) is 0.912. The number of ether oxygens (including phenoxy) is 1. The topological polar surface area (TPSA) is 103 Å². The number of piperidine rings is 1. The quantitative estimate of drug-likeness (QED) is 0.466. The Hall–Kier alpha value is -3.29. The van der Waals surface area contributed by atoms with Crippen LogP contribution in [0.5, 0.6) is 0 Å². The van der Waals surface area contributed by atoms with Gasteiger partial charge in [0.25, 0.3) is 11.6 Å². The summed E-state index contributed by atoms with van der Waals surface area (Å²) in [5, 5.41) is 10.7. The molecule has 0 spiro atoms. The van der Waals surface area contributed by atoms with Crippen molar-refractivity contribution in [1.29, 1.82) is 0 Å². The molecule has 0 saturated carbocycles. The number of nitro groups is 1. The number of non-ortho nitro benzene ring substituents is 1. The molecule has 8 heteroatoms. The van der Waals surface area contributed by atoms with E-state index in [1.165, 1.54) is 19.2 Å². The highest BCUT2D eigenvalue weighted by atomic mass is 16.6. The molecule has 1 aliphatic rings. The number of amides is 1. The van der Waals surface area contributed by atoms with Crippen molar-refractivity contribution in [1.82, 2.24) is 9.88 Å². The summed E-state index contributed by atoms with van der Waals surface area (Å²) in [4.78, 5) is 40.5. The van der Waals surface area contributed by atoms with Gasteiger partial charge in [0.15, 0.2) is 0 Å². The Kier molecular flexibility index (Phi) is 5.44. The van der Waals surface area contributed by atoms with Gasteiger partial charge >= 0.3 is 5.97 Å². The van der Waals surface area contributed by atoms with Crippen LogP contribution in [-0.4, -0.2) is 46.9 Å². The number of rotatable bonds is 4. The first kappa shape index (κ1) is 18.5. The predicted octanol–water partition coefficient (Wildman–Crippen LogP) is 2.68. The van der Waals surface area contributed by atoms with Gasteiger partial charge in [-0.15, -0.1) is 0 Å². The van der Waals surface area contributed by atoms with E-state index in [1.54, 1.807) is 35.4 Å². The largest absolute Gasteiger partial charge is 0.469 e. The fourth-order valence-corrected chi connectivity index (χ4v) is 3.15. The van der Waals surface area contributed by atoms with Crippen molar-refractivity contribution in [3.05, 3.63) is 58.4 Å². The van der Waals surface area contributed by atoms with Crippen LogP contribution in [0.2, 0.25) is 0 Å². The molecule has 27 heavy (non-hydrogen) atoms. The third-order valence-electron chi connectivity index (χ3n) is 4.64. The van der Waals surface area contributed by atoms with E-state index >= 15 is 0 Å². The number of pyridine rings is 1.